The Labute approximate surface area is 129 Å². The second-order valence-electron chi connectivity index (χ2n) is 5.97. The Hall–Kier alpha value is -2.11. The van der Waals surface area contributed by atoms with Crippen LogP contribution in [0.2, 0.25) is 0 Å². The van der Waals surface area contributed by atoms with Crippen LogP contribution in [-0.2, 0) is 4.79 Å². The van der Waals surface area contributed by atoms with Gasteiger partial charge in [-0.1, -0.05) is 12.8 Å². The van der Waals surface area contributed by atoms with Gasteiger partial charge in [0.2, 0.25) is 5.88 Å². The molecule has 2 heterocycles. The number of aromatic nitrogens is 1. The summed E-state index contributed by atoms with van der Waals surface area (Å²) in [6, 6.07) is 2.58. The summed E-state index contributed by atoms with van der Waals surface area (Å²) in [6.07, 6.45) is 6.14. The van der Waals surface area contributed by atoms with Crippen LogP contribution in [-0.4, -0.2) is 46.1 Å². The van der Waals surface area contributed by atoms with Crippen molar-refractivity contribution in [3.8, 4) is 5.88 Å². The summed E-state index contributed by atoms with van der Waals surface area (Å²) in [7, 11) is 1.46. The van der Waals surface area contributed by atoms with Crippen molar-refractivity contribution in [3.05, 3.63) is 23.9 Å². The van der Waals surface area contributed by atoms with Gasteiger partial charge in [0.15, 0.2) is 0 Å². The van der Waals surface area contributed by atoms with Crippen LogP contribution in [0.15, 0.2) is 18.3 Å². The van der Waals surface area contributed by atoms with Gasteiger partial charge in [-0.2, -0.15) is 0 Å². The smallest absolute Gasteiger partial charge is 0.326 e. The molecule has 2 fully saturated rings. The molecule has 1 aliphatic carbocycles. The summed E-state index contributed by atoms with van der Waals surface area (Å²) < 4.78 is 5.15. The molecule has 1 N–H and O–H groups in total. The summed E-state index contributed by atoms with van der Waals surface area (Å²) in [5.74, 6) is -0.672. The van der Waals surface area contributed by atoms with Gasteiger partial charge in [0.1, 0.15) is 11.6 Å². The third-order valence-electron chi connectivity index (χ3n) is 4.80. The molecule has 3 atom stereocenters. The van der Waals surface area contributed by atoms with E-state index in [0.717, 1.165) is 25.7 Å². The lowest BCUT2D eigenvalue weighted by molar-refractivity contribution is -0.141. The van der Waals surface area contributed by atoms with Crippen LogP contribution in [0.1, 0.15) is 42.5 Å². The van der Waals surface area contributed by atoms with Crippen LogP contribution in [0.5, 0.6) is 5.88 Å². The van der Waals surface area contributed by atoms with Crippen molar-refractivity contribution in [1.29, 1.82) is 0 Å². The van der Waals surface area contributed by atoms with Gasteiger partial charge in [-0.05, 0) is 37.3 Å². The number of fused-ring (bicyclic) bond motifs is 1. The first-order valence-electron chi connectivity index (χ1n) is 7.68. The normalized spacial score (nSPS) is 27.3. The Morgan fingerprint density at radius 2 is 2.14 bits per heavy atom. The van der Waals surface area contributed by atoms with E-state index in [4.69, 9.17) is 4.74 Å². The number of hydrogen-bond acceptors (Lipinski definition) is 4. The van der Waals surface area contributed by atoms with E-state index in [1.165, 1.54) is 7.11 Å². The Bertz CT molecular complexity index is 589. The second kappa shape index (κ2) is 5.94. The number of nitrogens with zero attached hydrogens (tertiary/aromatic N) is 2. The predicted molar refractivity (Wildman–Crippen MR) is 78.7 cm³/mol. The van der Waals surface area contributed by atoms with Gasteiger partial charge in [0.25, 0.3) is 5.91 Å². The van der Waals surface area contributed by atoms with E-state index in [2.05, 4.69) is 4.98 Å². The lowest BCUT2D eigenvalue weighted by Crippen LogP contribution is -2.46. The molecule has 0 unspecified atom stereocenters. The van der Waals surface area contributed by atoms with Gasteiger partial charge in [-0.25, -0.2) is 9.78 Å². The highest BCUT2D eigenvalue weighted by Crippen LogP contribution is 2.41. The molecule has 1 amide bonds. The van der Waals surface area contributed by atoms with Crippen LogP contribution in [0, 0.1) is 5.92 Å². The number of pyridine rings is 1. The Morgan fingerprint density at radius 3 is 2.86 bits per heavy atom. The number of carbonyl (C=O) groups is 2. The van der Waals surface area contributed by atoms with Crippen molar-refractivity contribution in [2.24, 2.45) is 5.92 Å². The van der Waals surface area contributed by atoms with Crippen molar-refractivity contribution < 1.29 is 19.4 Å². The van der Waals surface area contributed by atoms with Crippen molar-refractivity contribution in [1.82, 2.24) is 9.88 Å². The van der Waals surface area contributed by atoms with Crippen LogP contribution in [0.3, 0.4) is 0 Å². The molecule has 118 valence electrons. The van der Waals surface area contributed by atoms with Gasteiger partial charge < -0.3 is 14.7 Å². The number of rotatable bonds is 3. The van der Waals surface area contributed by atoms with E-state index in [1.807, 2.05) is 0 Å². The zero-order chi connectivity index (χ0) is 15.7. The first kappa shape index (κ1) is 14.8. The zero-order valence-electron chi connectivity index (χ0n) is 12.6. The van der Waals surface area contributed by atoms with Crippen molar-refractivity contribution in [2.75, 3.05) is 7.11 Å². The van der Waals surface area contributed by atoms with Gasteiger partial charge in [0.05, 0.1) is 7.11 Å². The summed E-state index contributed by atoms with van der Waals surface area (Å²) in [5.41, 5.74) is 0.336. The van der Waals surface area contributed by atoms with Crippen LogP contribution in [0.25, 0.3) is 0 Å². The lowest BCUT2D eigenvalue weighted by atomic mass is 9.84. The highest BCUT2D eigenvalue weighted by Gasteiger charge is 2.48. The fourth-order valence-electron chi connectivity index (χ4n) is 3.83. The highest BCUT2D eigenvalue weighted by atomic mass is 16.5. The fourth-order valence-corrected chi connectivity index (χ4v) is 3.83. The number of carboxylic acid groups (broad SMARTS) is 1. The standard InChI is InChI=1S/C16H20N2O4/c1-22-14-11(6-4-8-17-14)15(19)18-12-7-3-2-5-10(12)9-13(18)16(20)21/h4,6,8,10,12-13H,2-3,5,7,9H2,1H3,(H,20,21)/t10-,12+,13+/m1/s1. The number of methoxy groups -OCH3 is 1. The minimum absolute atomic E-state index is 0.0206. The molecule has 1 aliphatic heterocycles. The molecule has 0 radical (unpaired) electrons. The Kier molecular flexibility index (Phi) is 4.00. The van der Waals surface area contributed by atoms with Gasteiger partial charge in [-0.15, -0.1) is 0 Å². The second-order valence-corrected chi connectivity index (χ2v) is 5.97. The molecule has 1 saturated heterocycles. The van der Waals surface area contributed by atoms with E-state index >= 15 is 0 Å². The molecule has 1 aromatic rings. The summed E-state index contributed by atoms with van der Waals surface area (Å²) >= 11 is 0. The largest absolute Gasteiger partial charge is 0.480 e. The molecular formula is C16H20N2O4. The number of hydrogen-bond donors (Lipinski definition) is 1. The SMILES string of the molecule is COc1ncccc1C(=O)N1[C@H](C(=O)O)C[C@H]2CCCC[C@@H]21. The molecule has 1 saturated carbocycles. The summed E-state index contributed by atoms with van der Waals surface area (Å²) in [5, 5.41) is 9.51. The number of amides is 1. The molecule has 2 aliphatic rings. The molecule has 0 bridgehead atoms. The molecule has 0 spiro atoms. The number of carbonyl (C=O) groups excluding carboxylic acids is 1. The molecule has 6 heteroatoms. The molecule has 22 heavy (non-hydrogen) atoms. The fraction of sp³-hybridized carbons (Fsp3) is 0.562. The lowest BCUT2D eigenvalue weighted by Gasteiger charge is -2.33. The Morgan fingerprint density at radius 1 is 1.36 bits per heavy atom. The van der Waals surface area contributed by atoms with E-state index in [-0.39, 0.29) is 17.8 Å². The van der Waals surface area contributed by atoms with Gasteiger partial charge in [0, 0.05) is 12.2 Å². The third-order valence-corrected chi connectivity index (χ3v) is 4.80. The first-order valence-corrected chi connectivity index (χ1v) is 7.68. The minimum Gasteiger partial charge on any atom is -0.480 e. The van der Waals surface area contributed by atoms with Crippen LogP contribution in [0.4, 0.5) is 0 Å². The Balaban J connectivity index is 1.95. The number of carboxylic acids is 1. The average molecular weight is 304 g/mol. The van der Waals surface area contributed by atoms with Crippen LogP contribution < -0.4 is 4.74 Å². The highest BCUT2D eigenvalue weighted by molar-refractivity contribution is 5.99. The molecule has 3 rings (SSSR count). The summed E-state index contributed by atoms with van der Waals surface area (Å²) in [6.45, 7) is 0. The van der Waals surface area contributed by atoms with Gasteiger partial charge >= 0.3 is 5.97 Å². The monoisotopic (exact) mass is 304 g/mol. The topological polar surface area (TPSA) is 79.7 Å². The van der Waals surface area contributed by atoms with Crippen molar-refractivity contribution >= 4 is 11.9 Å². The zero-order valence-corrected chi connectivity index (χ0v) is 12.6. The quantitative estimate of drug-likeness (QED) is 0.923. The van der Waals surface area contributed by atoms with Gasteiger partial charge in [-0.3, -0.25) is 4.79 Å². The molecule has 1 aromatic heterocycles. The van der Waals surface area contributed by atoms with Crippen molar-refractivity contribution in [3.63, 3.8) is 0 Å². The number of likely N-dealkylation sites (tertiary alicyclic amines) is 1. The maximum atomic E-state index is 12.9. The van der Waals surface area contributed by atoms with Crippen molar-refractivity contribution in [2.45, 2.75) is 44.2 Å². The predicted octanol–water partition coefficient (Wildman–Crippen LogP) is 1.95. The van der Waals surface area contributed by atoms with Crippen LogP contribution >= 0.6 is 0 Å². The first-order chi connectivity index (χ1) is 10.6. The molecule has 6 nitrogen and oxygen atoms in total. The maximum Gasteiger partial charge on any atom is 0.326 e. The average Bonchev–Trinajstić information content (AvgIpc) is 2.94. The maximum absolute atomic E-state index is 12.9. The van der Waals surface area contributed by atoms with E-state index in [1.54, 1.807) is 23.2 Å². The third kappa shape index (κ3) is 2.42. The van der Waals surface area contributed by atoms with E-state index in [9.17, 15) is 14.7 Å². The number of ether oxygens (including phenoxy) is 1. The number of aliphatic carboxylic acids is 1. The summed E-state index contributed by atoms with van der Waals surface area (Å²) in [4.78, 5) is 30.2. The molecular weight excluding hydrogens is 284 g/mol. The van der Waals surface area contributed by atoms with E-state index < -0.39 is 12.0 Å². The minimum atomic E-state index is -0.925. The molecule has 0 aromatic carbocycles. The van der Waals surface area contributed by atoms with E-state index in [0.29, 0.717) is 17.9 Å².